The van der Waals surface area contributed by atoms with Gasteiger partial charge in [-0.2, -0.15) is 0 Å². The number of carbonyl (C=O) groups excluding carboxylic acids is 2. The van der Waals surface area contributed by atoms with Crippen LogP contribution in [0.2, 0.25) is 0 Å². The number of carbonyl (C=O) groups is 2. The molecule has 6 heteroatoms. The van der Waals surface area contributed by atoms with E-state index in [4.69, 9.17) is 4.42 Å². The highest BCUT2D eigenvalue weighted by molar-refractivity contribution is 6.00. The highest BCUT2D eigenvalue weighted by Gasteiger charge is 2.38. The van der Waals surface area contributed by atoms with E-state index in [-0.39, 0.29) is 24.4 Å². The van der Waals surface area contributed by atoms with E-state index in [1.807, 2.05) is 59.6 Å². The fourth-order valence-corrected chi connectivity index (χ4v) is 4.72. The molecule has 1 aromatic carbocycles. The van der Waals surface area contributed by atoms with E-state index >= 15 is 0 Å². The molecule has 4 rings (SSSR count). The molecule has 0 N–H and O–H groups in total. The number of benzene rings is 1. The topological polar surface area (TPSA) is 58.7 Å². The molecular weight excluding hydrogens is 426 g/mol. The van der Waals surface area contributed by atoms with Gasteiger partial charge in [-0.15, -0.1) is 0 Å². The lowest BCUT2D eigenvalue weighted by Crippen LogP contribution is -2.47. The third kappa shape index (κ3) is 4.96. The van der Waals surface area contributed by atoms with Crippen molar-refractivity contribution in [1.29, 1.82) is 0 Å². The van der Waals surface area contributed by atoms with Crippen molar-refractivity contribution in [3.05, 3.63) is 72.4 Å². The second-order valence-electron chi connectivity index (χ2n) is 8.95. The molecular formula is C28H35N3O3. The summed E-state index contributed by atoms with van der Waals surface area (Å²) in [5.74, 6) is 0.675. The Morgan fingerprint density at radius 2 is 1.71 bits per heavy atom. The van der Waals surface area contributed by atoms with Crippen LogP contribution in [-0.4, -0.2) is 34.4 Å². The Kier molecular flexibility index (Phi) is 7.88. The summed E-state index contributed by atoms with van der Waals surface area (Å²) in [6, 6.07) is 15.3. The predicted molar refractivity (Wildman–Crippen MR) is 134 cm³/mol. The average molecular weight is 462 g/mol. The molecule has 3 aromatic rings. The Morgan fingerprint density at radius 1 is 0.912 bits per heavy atom. The predicted octanol–water partition coefficient (Wildman–Crippen LogP) is 6.11. The van der Waals surface area contributed by atoms with Crippen molar-refractivity contribution in [2.45, 2.75) is 64.8 Å². The number of unbranched alkanes of at least 4 members (excludes halogenated alkanes) is 4. The zero-order chi connectivity index (χ0) is 23.9. The number of rotatable bonds is 11. The Morgan fingerprint density at radius 3 is 2.44 bits per heavy atom. The van der Waals surface area contributed by atoms with Crippen LogP contribution in [0.3, 0.4) is 0 Å². The fourth-order valence-electron chi connectivity index (χ4n) is 4.72. The zero-order valence-corrected chi connectivity index (χ0v) is 20.3. The molecule has 1 aliphatic rings. The maximum atomic E-state index is 13.9. The number of para-hydroxylation sites is 2. The third-order valence-electron chi connectivity index (χ3n) is 6.51. The zero-order valence-electron chi connectivity index (χ0n) is 20.3. The Balaban J connectivity index is 1.63. The first kappa shape index (κ1) is 23.9. The van der Waals surface area contributed by atoms with Gasteiger partial charge in [0.25, 0.3) is 0 Å². The highest BCUT2D eigenvalue weighted by atomic mass is 16.3. The smallest absolute Gasteiger partial charge is 0.247 e. The van der Waals surface area contributed by atoms with Gasteiger partial charge < -0.3 is 13.9 Å². The summed E-state index contributed by atoms with van der Waals surface area (Å²) in [5, 5.41) is 0. The number of amides is 2. The molecule has 0 radical (unpaired) electrons. The van der Waals surface area contributed by atoms with E-state index in [0.717, 1.165) is 55.6 Å². The number of fused-ring (bicyclic) bond motifs is 3. The number of hydrogen-bond donors (Lipinski definition) is 0. The minimum Gasteiger partial charge on any atom is -0.467 e. The summed E-state index contributed by atoms with van der Waals surface area (Å²) in [7, 11) is 0. The number of anilines is 1. The molecule has 0 saturated heterocycles. The van der Waals surface area contributed by atoms with Gasteiger partial charge in [0.1, 0.15) is 18.3 Å². The van der Waals surface area contributed by atoms with Crippen LogP contribution in [-0.2, 0) is 9.59 Å². The first-order valence-electron chi connectivity index (χ1n) is 12.6. The van der Waals surface area contributed by atoms with Gasteiger partial charge in [0.15, 0.2) is 0 Å². The Labute approximate surface area is 202 Å². The maximum absolute atomic E-state index is 13.9. The normalized spacial score (nSPS) is 14.5. The molecule has 1 unspecified atom stereocenters. The first-order valence-corrected chi connectivity index (χ1v) is 12.6. The molecule has 1 aliphatic heterocycles. The summed E-state index contributed by atoms with van der Waals surface area (Å²) in [5.41, 5.74) is 2.74. The van der Waals surface area contributed by atoms with Crippen LogP contribution in [0.25, 0.3) is 5.69 Å². The van der Waals surface area contributed by atoms with Crippen LogP contribution in [0.5, 0.6) is 0 Å². The molecule has 180 valence electrons. The Bertz CT molecular complexity index is 1090. The highest BCUT2D eigenvalue weighted by Crippen LogP contribution is 2.42. The van der Waals surface area contributed by atoms with Crippen molar-refractivity contribution in [3.63, 3.8) is 0 Å². The number of aromatic nitrogens is 1. The van der Waals surface area contributed by atoms with Gasteiger partial charge in [-0.3, -0.25) is 14.5 Å². The Hall–Kier alpha value is -3.28. The fraction of sp³-hybridized carbons (Fsp3) is 0.429. The molecule has 0 fully saturated rings. The summed E-state index contributed by atoms with van der Waals surface area (Å²) in [6.45, 7) is 4.94. The minimum absolute atomic E-state index is 0.0683. The largest absolute Gasteiger partial charge is 0.467 e. The van der Waals surface area contributed by atoms with E-state index in [0.29, 0.717) is 18.7 Å². The standard InChI is InChI=1S/C28H35N3O3/c1-3-5-7-8-17-26(32)29(18-6-4-2)21-27(33)31-23-14-10-9-13-22(23)30-19-11-15-24(30)28(31)25-16-12-20-34-25/h9-16,19-20,28H,3-8,17-18,21H2,1-2H3. The quantitative estimate of drug-likeness (QED) is 0.324. The van der Waals surface area contributed by atoms with Crippen molar-refractivity contribution in [2.75, 3.05) is 18.0 Å². The first-order chi connectivity index (χ1) is 16.7. The lowest BCUT2D eigenvalue weighted by atomic mass is 10.0. The number of nitrogens with zero attached hydrogens (tertiary/aromatic N) is 3. The van der Waals surface area contributed by atoms with Gasteiger partial charge in [0.2, 0.25) is 11.8 Å². The van der Waals surface area contributed by atoms with E-state index in [1.165, 1.54) is 0 Å². The lowest BCUT2D eigenvalue weighted by Gasteiger charge is -2.38. The van der Waals surface area contributed by atoms with E-state index in [9.17, 15) is 9.59 Å². The van der Waals surface area contributed by atoms with Gasteiger partial charge in [-0.25, -0.2) is 0 Å². The summed E-state index contributed by atoms with van der Waals surface area (Å²) >= 11 is 0. The van der Waals surface area contributed by atoms with Gasteiger partial charge in [0, 0.05) is 19.2 Å². The second-order valence-corrected chi connectivity index (χ2v) is 8.95. The number of hydrogen-bond acceptors (Lipinski definition) is 3. The van der Waals surface area contributed by atoms with E-state index < -0.39 is 0 Å². The number of furan rings is 1. The molecule has 34 heavy (non-hydrogen) atoms. The van der Waals surface area contributed by atoms with Crippen molar-refractivity contribution >= 4 is 17.5 Å². The van der Waals surface area contributed by atoms with Crippen LogP contribution in [0, 0.1) is 0 Å². The van der Waals surface area contributed by atoms with Crippen molar-refractivity contribution in [2.24, 2.45) is 0 Å². The van der Waals surface area contributed by atoms with Gasteiger partial charge >= 0.3 is 0 Å². The van der Waals surface area contributed by atoms with Gasteiger partial charge in [-0.1, -0.05) is 51.7 Å². The van der Waals surface area contributed by atoms with Gasteiger partial charge in [0.05, 0.1) is 23.3 Å². The van der Waals surface area contributed by atoms with Crippen LogP contribution in [0.15, 0.2) is 65.4 Å². The molecule has 0 spiro atoms. The monoisotopic (exact) mass is 461 g/mol. The molecule has 6 nitrogen and oxygen atoms in total. The average Bonchev–Trinajstić information content (AvgIpc) is 3.56. The summed E-state index contributed by atoms with van der Waals surface area (Å²) < 4.78 is 7.91. The molecule has 0 saturated carbocycles. The van der Waals surface area contributed by atoms with E-state index in [2.05, 4.69) is 18.4 Å². The molecule has 2 aromatic heterocycles. The van der Waals surface area contributed by atoms with E-state index in [1.54, 1.807) is 11.2 Å². The molecule has 0 aliphatic carbocycles. The molecule has 3 heterocycles. The SMILES string of the molecule is CCCCCCC(=O)N(CCCC)CC(=O)N1c2ccccc2-n2cccc2C1c1ccco1. The third-order valence-corrected chi connectivity index (χ3v) is 6.51. The van der Waals surface area contributed by atoms with Crippen molar-refractivity contribution in [3.8, 4) is 5.69 Å². The minimum atomic E-state index is -0.389. The molecule has 1 atom stereocenters. The van der Waals surface area contributed by atoms with Crippen LogP contribution in [0.1, 0.15) is 76.3 Å². The molecule has 0 bridgehead atoms. The van der Waals surface area contributed by atoms with Crippen LogP contribution in [0.4, 0.5) is 5.69 Å². The summed E-state index contributed by atoms with van der Waals surface area (Å²) in [4.78, 5) is 30.6. The lowest BCUT2D eigenvalue weighted by molar-refractivity contribution is -0.135. The second kappa shape index (κ2) is 11.2. The van der Waals surface area contributed by atoms with Gasteiger partial charge in [-0.05, 0) is 49.2 Å². The van der Waals surface area contributed by atoms with Crippen molar-refractivity contribution in [1.82, 2.24) is 9.47 Å². The summed E-state index contributed by atoms with van der Waals surface area (Å²) in [6.07, 6.45) is 10.2. The van der Waals surface area contributed by atoms with Crippen LogP contribution < -0.4 is 4.90 Å². The maximum Gasteiger partial charge on any atom is 0.247 e. The molecule has 2 amide bonds. The van der Waals surface area contributed by atoms with Crippen molar-refractivity contribution < 1.29 is 14.0 Å². The van der Waals surface area contributed by atoms with Crippen LogP contribution >= 0.6 is 0 Å².